The first-order valence-corrected chi connectivity index (χ1v) is 8.45. The number of hydrogen-bond acceptors (Lipinski definition) is 6. The fourth-order valence-electron chi connectivity index (χ4n) is 2.90. The van der Waals surface area contributed by atoms with E-state index >= 15 is 0 Å². The molecule has 120 valence electrons. The lowest BCUT2D eigenvalue weighted by atomic mass is 10.1. The van der Waals surface area contributed by atoms with Crippen LogP contribution in [0.3, 0.4) is 0 Å². The standard InChI is InChI=1S/C17H22N6/c1-2-10-23(11-3-1)15-8-6-14(7-9-15)20-17-21-16(12-18-22-17)19-13-4-5-13/h6-9,12-13H,1-5,10-11H2,(H2,19,20,21,22). The second-order valence-electron chi connectivity index (χ2n) is 6.30. The van der Waals surface area contributed by atoms with Crippen molar-refractivity contribution in [1.29, 1.82) is 0 Å². The van der Waals surface area contributed by atoms with Crippen LogP contribution < -0.4 is 15.5 Å². The Morgan fingerprint density at radius 2 is 1.78 bits per heavy atom. The van der Waals surface area contributed by atoms with Gasteiger partial charge in [-0.3, -0.25) is 0 Å². The summed E-state index contributed by atoms with van der Waals surface area (Å²) in [5, 5.41) is 14.6. The zero-order valence-corrected chi connectivity index (χ0v) is 13.2. The van der Waals surface area contributed by atoms with Crippen LogP contribution in [-0.4, -0.2) is 34.3 Å². The van der Waals surface area contributed by atoms with Crippen LogP contribution >= 0.6 is 0 Å². The van der Waals surface area contributed by atoms with Gasteiger partial charge >= 0.3 is 0 Å². The lowest BCUT2D eigenvalue weighted by Gasteiger charge is -2.28. The van der Waals surface area contributed by atoms with Crippen LogP contribution in [0, 0.1) is 0 Å². The third kappa shape index (κ3) is 3.70. The Bertz CT molecular complexity index is 646. The van der Waals surface area contributed by atoms with E-state index in [0.717, 1.165) is 24.6 Å². The second-order valence-corrected chi connectivity index (χ2v) is 6.30. The van der Waals surface area contributed by atoms with Crippen LogP contribution in [-0.2, 0) is 0 Å². The Labute approximate surface area is 136 Å². The third-order valence-corrected chi connectivity index (χ3v) is 4.33. The fraction of sp³-hybridized carbons (Fsp3) is 0.471. The molecule has 0 bridgehead atoms. The summed E-state index contributed by atoms with van der Waals surface area (Å²) in [4.78, 5) is 6.90. The minimum absolute atomic E-state index is 0.529. The van der Waals surface area contributed by atoms with Crippen molar-refractivity contribution in [1.82, 2.24) is 15.2 Å². The van der Waals surface area contributed by atoms with E-state index in [0.29, 0.717) is 12.0 Å². The van der Waals surface area contributed by atoms with E-state index in [1.165, 1.54) is 37.8 Å². The Balaban J connectivity index is 1.41. The number of nitrogens with one attached hydrogen (secondary N) is 2. The lowest BCUT2D eigenvalue weighted by molar-refractivity contribution is 0.578. The van der Waals surface area contributed by atoms with Crippen LogP contribution in [0.25, 0.3) is 0 Å². The first-order chi connectivity index (χ1) is 11.4. The first kappa shape index (κ1) is 14.2. The summed E-state index contributed by atoms with van der Waals surface area (Å²) in [6.45, 7) is 2.32. The summed E-state index contributed by atoms with van der Waals surface area (Å²) in [5.41, 5.74) is 2.27. The molecule has 0 radical (unpaired) electrons. The Hall–Kier alpha value is -2.37. The van der Waals surface area contributed by atoms with E-state index in [9.17, 15) is 0 Å². The van der Waals surface area contributed by atoms with Crippen LogP contribution in [0.2, 0.25) is 0 Å². The molecule has 1 saturated carbocycles. The maximum absolute atomic E-state index is 4.45. The van der Waals surface area contributed by atoms with E-state index in [-0.39, 0.29) is 0 Å². The van der Waals surface area contributed by atoms with Crippen LogP contribution in [0.15, 0.2) is 30.5 Å². The van der Waals surface area contributed by atoms with Gasteiger partial charge in [0.15, 0.2) is 5.82 Å². The molecule has 2 fully saturated rings. The summed E-state index contributed by atoms with van der Waals surface area (Å²) in [7, 11) is 0. The molecule has 1 aromatic heterocycles. The number of piperidine rings is 1. The largest absolute Gasteiger partial charge is 0.372 e. The smallest absolute Gasteiger partial charge is 0.249 e. The van der Waals surface area contributed by atoms with Gasteiger partial charge in [-0.2, -0.15) is 10.1 Å². The topological polar surface area (TPSA) is 66.0 Å². The molecule has 1 aliphatic carbocycles. The van der Waals surface area contributed by atoms with Gasteiger partial charge in [-0.1, -0.05) is 0 Å². The molecule has 0 unspecified atom stereocenters. The van der Waals surface area contributed by atoms with Crippen LogP contribution in [0.4, 0.5) is 23.1 Å². The molecular weight excluding hydrogens is 288 g/mol. The number of anilines is 4. The average molecular weight is 310 g/mol. The van der Waals surface area contributed by atoms with Crippen molar-refractivity contribution in [3.63, 3.8) is 0 Å². The first-order valence-electron chi connectivity index (χ1n) is 8.45. The van der Waals surface area contributed by atoms with Crippen LogP contribution in [0.1, 0.15) is 32.1 Å². The molecule has 0 amide bonds. The normalized spacial score (nSPS) is 17.8. The Morgan fingerprint density at radius 1 is 1.00 bits per heavy atom. The van der Waals surface area contributed by atoms with E-state index in [2.05, 4.69) is 55.0 Å². The Morgan fingerprint density at radius 3 is 2.52 bits per heavy atom. The summed E-state index contributed by atoms with van der Waals surface area (Å²) < 4.78 is 0. The average Bonchev–Trinajstić information content (AvgIpc) is 3.41. The number of rotatable bonds is 5. The molecule has 6 nitrogen and oxygen atoms in total. The quantitative estimate of drug-likeness (QED) is 0.884. The molecule has 2 aromatic rings. The maximum atomic E-state index is 4.45. The van der Waals surface area contributed by atoms with E-state index in [1.807, 2.05) is 0 Å². The van der Waals surface area contributed by atoms with Crippen molar-refractivity contribution in [3.05, 3.63) is 30.5 Å². The molecule has 2 heterocycles. The van der Waals surface area contributed by atoms with Crippen molar-refractivity contribution in [2.75, 3.05) is 28.6 Å². The molecule has 1 saturated heterocycles. The molecular formula is C17H22N6. The summed E-state index contributed by atoms with van der Waals surface area (Å²) in [5.74, 6) is 1.32. The molecule has 0 spiro atoms. The molecule has 23 heavy (non-hydrogen) atoms. The number of hydrogen-bond donors (Lipinski definition) is 2. The van der Waals surface area contributed by atoms with Gasteiger partial charge in [-0.05, 0) is 56.4 Å². The minimum Gasteiger partial charge on any atom is -0.372 e. The number of benzene rings is 1. The van der Waals surface area contributed by atoms with Crippen molar-refractivity contribution in [3.8, 4) is 0 Å². The summed E-state index contributed by atoms with van der Waals surface area (Å²) in [6, 6.07) is 9.03. The van der Waals surface area contributed by atoms with Gasteiger partial charge in [-0.15, -0.1) is 5.10 Å². The van der Waals surface area contributed by atoms with Gasteiger partial charge in [0, 0.05) is 30.5 Å². The third-order valence-electron chi connectivity index (χ3n) is 4.33. The van der Waals surface area contributed by atoms with Gasteiger partial charge < -0.3 is 15.5 Å². The molecule has 4 rings (SSSR count). The number of nitrogens with zero attached hydrogens (tertiary/aromatic N) is 4. The van der Waals surface area contributed by atoms with Gasteiger partial charge in [-0.25, -0.2) is 0 Å². The lowest BCUT2D eigenvalue weighted by Crippen LogP contribution is -2.29. The molecule has 0 atom stereocenters. The zero-order chi connectivity index (χ0) is 15.5. The van der Waals surface area contributed by atoms with Gasteiger partial charge in [0.05, 0.1) is 6.20 Å². The highest BCUT2D eigenvalue weighted by atomic mass is 15.3. The molecule has 1 aromatic carbocycles. The molecule has 1 aliphatic heterocycles. The highest BCUT2D eigenvalue weighted by Crippen LogP contribution is 2.25. The Kier molecular flexibility index (Phi) is 3.96. The molecule has 2 N–H and O–H groups in total. The fourth-order valence-corrected chi connectivity index (χ4v) is 2.90. The monoisotopic (exact) mass is 310 g/mol. The van der Waals surface area contributed by atoms with E-state index < -0.39 is 0 Å². The van der Waals surface area contributed by atoms with Crippen molar-refractivity contribution in [2.45, 2.75) is 38.1 Å². The van der Waals surface area contributed by atoms with Crippen LogP contribution in [0.5, 0.6) is 0 Å². The van der Waals surface area contributed by atoms with E-state index in [1.54, 1.807) is 6.20 Å². The van der Waals surface area contributed by atoms with Gasteiger partial charge in [0.2, 0.25) is 5.95 Å². The maximum Gasteiger partial charge on any atom is 0.249 e. The summed E-state index contributed by atoms with van der Waals surface area (Å²) >= 11 is 0. The van der Waals surface area contributed by atoms with Crippen molar-refractivity contribution < 1.29 is 0 Å². The van der Waals surface area contributed by atoms with E-state index in [4.69, 9.17) is 0 Å². The minimum atomic E-state index is 0.529. The highest BCUT2D eigenvalue weighted by Gasteiger charge is 2.21. The molecule has 2 aliphatic rings. The van der Waals surface area contributed by atoms with Crippen molar-refractivity contribution in [2.24, 2.45) is 0 Å². The zero-order valence-electron chi connectivity index (χ0n) is 13.2. The highest BCUT2D eigenvalue weighted by molar-refractivity contribution is 5.59. The van der Waals surface area contributed by atoms with Gasteiger partial charge in [0.25, 0.3) is 0 Å². The SMILES string of the molecule is c1cc(N2CCCCC2)ccc1Nc1nncc(NC2CC2)n1. The predicted molar refractivity (Wildman–Crippen MR) is 92.3 cm³/mol. The second kappa shape index (κ2) is 6.40. The van der Waals surface area contributed by atoms with Crippen molar-refractivity contribution >= 4 is 23.1 Å². The molecule has 6 heteroatoms. The summed E-state index contributed by atoms with van der Waals surface area (Å²) in [6.07, 6.45) is 8.03. The van der Waals surface area contributed by atoms with Gasteiger partial charge in [0.1, 0.15) is 0 Å². The number of aromatic nitrogens is 3. The predicted octanol–water partition coefficient (Wildman–Crippen LogP) is 3.18.